The standard InChI is InChI=1S/C29H32O3/c1-4-20-15-25(8-6-5-7-19(20)2)27-18-24(13-14-28(27)32-3)22-9-10-23-17-26(29(30)31)12-11-21(23)16-22/h9-20H,4-8H2,1-3H3,(H,30,31)/b25-15+. The van der Waals surface area contributed by atoms with Gasteiger partial charge in [-0.15, -0.1) is 0 Å². The van der Waals surface area contributed by atoms with Gasteiger partial charge in [0.05, 0.1) is 12.7 Å². The van der Waals surface area contributed by atoms with E-state index in [1.54, 1.807) is 19.2 Å². The first-order valence-corrected chi connectivity index (χ1v) is 11.7. The molecule has 0 radical (unpaired) electrons. The average Bonchev–Trinajstić information content (AvgIpc) is 2.81. The Balaban J connectivity index is 1.77. The predicted molar refractivity (Wildman–Crippen MR) is 132 cm³/mol. The maximum atomic E-state index is 11.3. The quantitative estimate of drug-likeness (QED) is 0.450. The number of hydrogen-bond donors (Lipinski definition) is 1. The van der Waals surface area contributed by atoms with Gasteiger partial charge < -0.3 is 9.84 Å². The van der Waals surface area contributed by atoms with Crippen LogP contribution in [-0.4, -0.2) is 18.2 Å². The molecule has 1 N–H and O–H groups in total. The molecule has 1 aliphatic carbocycles. The van der Waals surface area contributed by atoms with E-state index in [4.69, 9.17) is 4.74 Å². The number of rotatable bonds is 5. The number of methoxy groups -OCH3 is 1. The second kappa shape index (κ2) is 9.60. The minimum atomic E-state index is -0.900. The van der Waals surface area contributed by atoms with Gasteiger partial charge in [0.2, 0.25) is 0 Å². The molecular formula is C29H32O3. The molecule has 2 atom stereocenters. The van der Waals surface area contributed by atoms with Gasteiger partial charge in [-0.25, -0.2) is 4.79 Å². The highest BCUT2D eigenvalue weighted by atomic mass is 16.5. The number of ether oxygens (including phenoxy) is 1. The largest absolute Gasteiger partial charge is 0.496 e. The van der Waals surface area contributed by atoms with Crippen molar-refractivity contribution in [1.82, 2.24) is 0 Å². The molecule has 0 saturated heterocycles. The molecule has 0 aromatic heterocycles. The van der Waals surface area contributed by atoms with Crippen LogP contribution in [0.4, 0.5) is 0 Å². The summed E-state index contributed by atoms with van der Waals surface area (Å²) in [5.41, 5.74) is 5.17. The van der Waals surface area contributed by atoms with Crippen molar-refractivity contribution in [2.45, 2.75) is 46.0 Å². The second-order valence-electron chi connectivity index (χ2n) is 8.98. The predicted octanol–water partition coefficient (Wildman–Crippen LogP) is 7.83. The normalized spacial score (nSPS) is 20.8. The minimum absolute atomic E-state index is 0.313. The maximum Gasteiger partial charge on any atom is 0.335 e. The third kappa shape index (κ3) is 4.57. The van der Waals surface area contributed by atoms with Crippen LogP contribution in [0.1, 0.15) is 61.9 Å². The fraction of sp³-hybridized carbons (Fsp3) is 0.345. The van der Waals surface area contributed by atoms with Crippen molar-refractivity contribution in [2.75, 3.05) is 7.11 Å². The Labute approximate surface area is 190 Å². The van der Waals surface area contributed by atoms with Gasteiger partial charge in [-0.05, 0) is 88.9 Å². The lowest BCUT2D eigenvalue weighted by atomic mass is 9.81. The Hall–Kier alpha value is -3.07. The zero-order valence-corrected chi connectivity index (χ0v) is 19.2. The van der Waals surface area contributed by atoms with Crippen LogP contribution in [0.2, 0.25) is 0 Å². The highest BCUT2D eigenvalue weighted by Gasteiger charge is 2.19. The van der Waals surface area contributed by atoms with Crippen LogP contribution in [0.15, 0.2) is 60.7 Å². The van der Waals surface area contributed by atoms with Crippen LogP contribution >= 0.6 is 0 Å². The molecule has 3 aromatic rings. The third-order valence-electron chi connectivity index (χ3n) is 6.94. The number of fused-ring (bicyclic) bond motifs is 1. The van der Waals surface area contributed by atoms with E-state index in [9.17, 15) is 9.90 Å². The van der Waals surface area contributed by atoms with Crippen molar-refractivity contribution in [3.05, 3.63) is 71.8 Å². The summed E-state index contributed by atoms with van der Waals surface area (Å²) < 4.78 is 5.77. The van der Waals surface area contributed by atoms with Crippen molar-refractivity contribution in [3.8, 4) is 16.9 Å². The topological polar surface area (TPSA) is 46.5 Å². The van der Waals surface area contributed by atoms with Crippen molar-refractivity contribution < 1.29 is 14.6 Å². The summed E-state index contributed by atoms with van der Waals surface area (Å²) >= 11 is 0. The summed E-state index contributed by atoms with van der Waals surface area (Å²) in [6.07, 6.45) is 8.54. The second-order valence-corrected chi connectivity index (χ2v) is 8.98. The maximum absolute atomic E-state index is 11.3. The lowest BCUT2D eigenvalue weighted by Crippen LogP contribution is -2.11. The summed E-state index contributed by atoms with van der Waals surface area (Å²) in [4.78, 5) is 11.3. The van der Waals surface area contributed by atoms with Crippen LogP contribution in [0, 0.1) is 11.8 Å². The number of carbonyl (C=O) groups is 1. The van der Waals surface area contributed by atoms with Crippen molar-refractivity contribution >= 4 is 22.3 Å². The monoisotopic (exact) mass is 428 g/mol. The van der Waals surface area contributed by atoms with E-state index in [1.165, 1.54) is 30.4 Å². The number of benzene rings is 3. The summed E-state index contributed by atoms with van der Waals surface area (Å²) in [6, 6.07) is 17.9. The first-order valence-electron chi connectivity index (χ1n) is 11.7. The Morgan fingerprint density at radius 1 is 1.00 bits per heavy atom. The smallest absolute Gasteiger partial charge is 0.335 e. The lowest BCUT2D eigenvalue weighted by Gasteiger charge is -2.25. The van der Waals surface area contributed by atoms with Crippen molar-refractivity contribution in [2.24, 2.45) is 11.8 Å². The summed E-state index contributed by atoms with van der Waals surface area (Å²) in [5.74, 6) is 1.33. The molecule has 32 heavy (non-hydrogen) atoms. The zero-order chi connectivity index (χ0) is 22.7. The molecule has 0 saturated carbocycles. The van der Waals surface area contributed by atoms with E-state index in [0.717, 1.165) is 40.5 Å². The molecule has 166 valence electrons. The van der Waals surface area contributed by atoms with Gasteiger partial charge in [-0.1, -0.05) is 57.0 Å². The molecule has 3 aromatic carbocycles. The zero-order valence-electron chi connectivity index (χ0n) is 19.2. The molecule has 0 bridgehead atoms. The fourth-order valence-corrected chi connectivity index (χ4v) is 4.94. The van der Waals surface area contributed by atoms with Gasteiger partial charge in [-0.2, -0.15) is 0 Å². The van der Waals surface area contributed by atoms with E-state index in [-0.39, 0.29) is 0 Å². The Morgan fingerprint density at radius 3 is 2.47 bits per heavy atom. The Kier molecular flexibility index (Phi) is 6.64. The van der Waals surface area contributed by atoms with Crippen LogP contribution in [-0.2, 0) is 0 Å². The van der Waals surface area contributed by atoms with E-state index >= 15 is 0 Å². The molecule has 0 spiro atoms. The van der Waals surface area contributed by atoms with Gasteiger partial charge in [0.15, 0.2) is 0 Å². The fourth-order valence-electron chi connectivity index (χ4n) is 4.94. The molecular weight excluding hydrogens is 396 g/mol. The van der Waals surface area contributed by atoms with Crippen molar-refractivity contribution in [1.29, 1.82) is 0 Å². The summed E-state index contributed by atoms with van der Waals surface area (Å²) in [6.45, 7) is 4.67. The van der Waals surface area contributed by atoms with E-state index in [2.05, 4.69) is 50.3 Å². The number of aromatic carboxylic acids is 1. The summed E-state index contributed by atoms with van der Waals surface area (Å²) in [5, 5.41) is 11.2. The van der Waals surface area contributed by atoms with Gasteiger partial charge in [0, 0.05) is 5.56 Å². The number of allylic oxidation sites excluding steroid dienone is 2. The van der Waals surface area contributed by atoms with Crippen molar-refractivity contribution in [3.63, 3.8) is 0 Å². The molecule has 0 amide bonds. The molecule has 4 rings (SSSR count). The number of hydrogen-bond acceptors (Lipinski definition) is 2. The Morgan fingerprint density at radius 2 is 1.72 bits per heavy atom. The van der Waals surface area contributed by atoms with Gasteiger partial charge >= 0.3 is 5.97 Å². The first kappa shape index (κ1) is 22.1. The van der Waals surface area contributed by atoms with E-state index < -0.39 is 5.97 Å². The molecule has 3 nitrogen and oxygen atoms in total. The van der Waals surface area contributed by atoms with Gasteiger partial charge in [-0.3, -0.25) is 0 Å². The molecule has 0 fully saturated rings. The SMILES string of the molecule is CCC1/C=C(/c2cc(-c3ccc4cc(C(=O)O)ccc4c3)ccc2OC)CCCCC1C. The van der Waals surface area contributed by atoms with Gasteiger partial charge in [0.25, 0.3) is 0 Å². The highest BCUT2D eigenvalue weighted by molar-refractivity contribution is 5.95. The number of carboxylic acids is 1. The van der Waals surface area contributed by atoms with E-state index in [1.807, 2.05) is 12.1 Å². The molecule has 0 heterocycles. The van der Waals surface area contributed by atoms with Crippen LogP contribution in [0.5, 0.6) is 5.75 Å². The van der Waals surface area contributed by atoms with Crippen LogP contribution < -0.4 is 4.74 Å². The Bertz CT molecular complexity index is 1160. The van der Waals surface area contributed by atoms with E-state index in [0.29, 0.717) is 17.4 Å². The molecule has 1 aliphatic rings. The number of carboxylic acid groups (broad SMARTS) is 1. The lowest BCUT2D eigenvalue weighted by molar-refractivity contribution is 0.0697. The van der Waals surface area contributed by atoms with Crippen LogP contribution in [0.3, 0.4) is 0 Å². The molecule has 3 heteroatoms. The summed E-state index contributed by atoms with van der Waals surface area (Å²) in [7, 11) is 1.75. The van der Waals surface area contributed by atoms with Gasteiger partial charge in [0.1, 0.15) is 5.75 Å². The minimum Gasteiger partial charge on any atom is -0.496 e. The highest BCUT2D eigenvalue weighted by Crippen LogP contribution is 2.38. The van der Waals surface area contributed by atoms with Crippen LogP contribution in [0.25, 0.3) is 27.5 Å². The molecule has 0 aliphatic heterocycles. The third-order valence-corrected chi connectivity index (χ3v) is 6.94. The molecule has 2 unspecified atom stereocenters. The first-order chi connectivity index (χ1) is 15.5. The average molecular weight is 429 g/mol.